The highest BCUT2D eigenvalue weighted by Crippen LogP contribution is 2.52. The standard InChI is InChI=1S/C84H64BN3S/c1-83(2,3)61-37-42-73(68(49-61)60-45-57-35-33-55-25-20-26-56-34-36-58(46-60)81(57)80(55)56)87-74-43-38-62(84(4,5)6)50-71(74)85-70-41-39-65(86(63-27-14-9-15-28-63)64-40-44-79-69(51-64)67-30-17-19-32-78(67)89-79)52-75(70)88(72-31-18-16-29-66(72)54-23-12-8-13-24-54)77-48-59(47-76(87)82(77)85)53-21-10-7-11-22-53/h7-52H,1-6H3. The molecule has 424 valence electrons. The van der Waals surface area contributed by atoms with Crippen LogP contribution in [0.1, 0.15) is 52.7 Å². The number of fused-ring (bicyclic) bond motifs is 7. The molecule has 3 heterocycles. The van der Waals surface area contributed by atoms with Gasteiger partial charge in [-0.2, -0.15) is 0 Å². The summed E-state index contributed by atoms with van der Waals surface area (Å²) in [7, 11) is 0. The molecule has 2 aliphatic rings. The average molecular weight is 1160 g/mol. The molecule has 0 bridgehead atoms. The normalized spacial score (nSPS) is 13.0. The lowest BCUT2D eigenvalue weighted by Crippen LogP contribution is -2.61. The second-order valence-corrected chi connectivity index (χ2v) is 27.6. The van der Waals surface area contributed by atoms with Crippen molar-refractivity contribution in [3.63, 3.8) is 0 Å². The van der Waals surface area contributed by atoms with Gasteiger partial charge in [0.15, 0.2) is 0 Å². The molecular formula is C84H64BN3S. The molecule has 5 heteroatoms. The molecule has 0 fully saturated rings. The van der Waals surface area contributed by atoms with Crippen LogP contribution in [0.2, 0.25) is 0 Å². The van der Waals surface area contributed by atoms with Gasteiger partial charge in [-0.3, -0.25) is 0 Å². The van der Waals surface area contributed by atoms with Gasteiger partial charge >= 0.3 is 0 Å². The van der Waals surface area contributed by atoms with Crippen molar-refractivity contribution < 1.29 is 0 Å². The molecule has 1 aromatic heterocycles. The summed E-state index contributed by atoms with van der Waals surface area (Å²) in [5.41, 5.74) is 23.4. The van der Waals surface area contributed by atoms with Crippen LogP contribution in [0.5, 0.6) is 0 Å². The highest BCUT2D eigenvalue weighted by molar-refractivity contribution is 7.25. The SMILES string of the molecule is CC(C)(C)c1ccc2c(c1)B1c3ccc(N(c4ccccc4)c4ccc5sc6ccccc6c5c4)cc3N(c3ccccc3-c3ccccc3)c3cc(-c4ccccc4)cc(c31)N2c1ccc(C(C)(C)C)cc1-c1cc2ccc3cccc4ccc(c1)c2c34. The van der Waals surface area contributed by atoms with Crippen molar-refractivity contribution in [1.29, 1.82) is 0 Å². The van der Waals surface area contributed by atoms with Gasteiger partial charge in [0, 0.05) is 71.1 Å². The van der Waals surface area contributed by atoms with Gasteiger partial charge in [0.05, 0.1) is 11.4 Å². The smallest absolute Gasteiger partial charge is 0.252 e. The first-order valence-electron chi connectivity index (χ1n) is 31.3. The predicted octanol–water partition coefficient (Wildman–Crippen LogP) is 22.1. The zero-order chi connectivity index (χ0) is 59.9. The lowest BCUT2D eigenvalue weighted by Gasteiger charge is -2.46. The van der Waals surface area contributed by atoms with E-state index in [1.165, 1.54) is 103 Å². The third-order valence-corrected chi connectivity index (χ3v) is 20.2. The van der Waals surface area contributed by atoms with E-state index in [-0.39, 0.29) is 17.5 Å². The average Bonchev–Trinajstić information content (AvgIpc) is 1.13. The Morgan fingerprint density at radius 1 is 0.315 bits per heavy atom. The van der Waals surface area contributed by atoms with Gasteiger partial charge in [0.1, 0.15) is 0 Å². The maximum Gasteiger partial charge on any atom is 0.252 e. The van der Waals surface area contributed by atoms with Crippen LogP contribution in [0.25, 0.3) is 85.9 Å². The number of para-hydroxylation sites is 2. The molecule has 0 unspecified atom stereocenters. The van der Waals surface area contributed by atoms with Crippen LogP contribution in [0.15, 0.2) is 279 Å². The minimum absolute atomic E-state index is 0.112. The minimum Gasteiger partial charge on any atom is -0.311 e. The number of anilines is 9. The van der Waals surface area contributed by atoms with Gasteiger partial charge in [0.25, 0.3) is 6.71 Å². The fraction of sp³-hybridized carbons (Fsp3) is 0.0952. The number of hydrogen-bond donors (Lipinski definition) is 0. The van der Waals surface area contributed by atoms with Crippen molar-refractivity contribution in [3.05, 3.63) is 290 Å². The molecule has 3 nitrogen and oxygen atoms in total. The third-order valence-electron chi connectivity index (χ3n) is 19.0. The van der Waals surface area contributed by atoms with E-state index in [0.29, 0.717) is 0 Å². The van der Waals surface area contributed by atoms with Crippen LogP contribution in [-0.2, 0) is 10.8 Å². The van der Waals surface area contributed by atoms with Crippen molar-refractivity contribution >= 4 is 138 Å². The molecule has 17 rings (SSSR count). The first-order valence-corrected chi connectivity index (χ1v) is 32.1. The van der Waals surface area contributed by atoms with Crippen LogP contribution in [-0.4, -0.2) is 6.71 Å². The maximum absolute atomic E-state index is 2.65. The summed E-state index contributed by atoms with van der Waals surface area (Å²) in [6.07, 6.45) is 0. The highest BCUT2D eigenvalue weighted by atomic mass is 32.1. The molecule has 89 heavy (non-hydrogen) atoms. The number of nitrogens with zero attached hydrogens (tertiary/aromatic N) is 3. The predicted molar refractivity (Wildman–Crippen MR) is 385 cm³/mol. The Kier molecular flexibility index (Phi) is 12.0. The Bertz CT molecular complexity index is 5240. The molecule has 0 saturated carbocycles. The largest absolute Gasteiger partial charge is 0.311 e. The van der Waals surface area contributed by atoms with Gasteiger partial charge < -0.3 is 14.7 Å². The van der Waals surface area contributed by atoms with E-state index in [4.69, 9.17) is 0 Å². The van der Waals surface area contributed by atoms with Crippen molar-refractivity contribution in [2.24, 2.45) is 0 Å². The van der Waals surface area contributed by atoms with Crippen molar-refractivity contribution in [2.45, 2.75) is 52.4 Å². The van der Waals surface area contributed by atoms with E-state index in [2.05, 4.69) is 335 Å². The number of hydrogen-bond acceptors (Lipinski definition) is 4. The fourth-order valence-electron chi connectivity index (χ4n) is 14.7. The molecule has 0 radical (unpaired) electrons. The molecule has 0 aliphatic carbocycles. The summed E-state index contributed by atoms with van der Waals surface area (Å²) in [5, 5.41) is 10.3. The maximum atomic E-state index is 2.65. The van der Waals surface area contributed by atoms with Crippen LogP contribution in [0, 0.1) is 0 Å². The Hall–Kier alpha value is -10.2. The Labute approximate surface area is 525 Å². The number of rotatable bonds is 8. The molecule has 14 aromatic carbocycles. The van der Waals surface area contributed by atoms with Crippen LogP contribution in [0.4, 0.5) is 51.2 Å². The zero-order valence-corrected chi connectivity index (χ0v) is 51.7. The lowest BCUT2D eigenvalue weighted by molar-refractivity contribution is 0.590. The Morgan fingerprint density at radius 3 is 1.57 bits per heavy atom. The molecule has 0 saturated heterocycles. The summed E-state index contributed by atoms with van der Waals surface area (Å²) in [6, 6.07) is 106. The fourth-order valence-corrected chi connectivity index (χ4v) is 15.7. The van der Waals surface area contributed by atoms with Crippen LogP contribution >= 0.6 is 11.3 Å². The molecular weight excluding hydrogens is 1090 g/mol. The van der Waals surface area contributed by atoms with Gasteiger partial charge in [-0.1, -0.05) is 224 Å². The summed E-state index contributed by atoms with van der Waals surface area (Å²) in [4.78, 5) is 7.74. The molecule has 0 spiro atoms. The molecule has 0 atom stereocenters. The third kappa shape index (κ3) is 8.62. The first-order chi connectivity index (χ1) is 43.4. The minimum atomic E-state index is -0.142. The molecule has 2 aliphatic heterocycles. The van der Waals surface area contributed by atoms with Crippen molar-refractivity contribution in [3.8, 4) is 33.4 Å². The summed E-state index contributed by atoms with van der Waals surface area (Å²) < 4.78 is 2.58. The van der Waals surface area contributed by atoms with E-state index >= 15 is 0 Å². The molecule has 15 aromatic rings. The van der Waals surface area contributed by atoms with Crippen molar-refractivity contribution in [2.75, 3.05) is 14.7 Å². The van der Waals surface area contributed by atoms with E-state index < -0.39 is 0 Å². The van der Waals surface area contributed by atoms with Gasteiger partial charge in [-0.05, 0) is 190 Å². The number of benzene rings is 14. The summed E-state index contributed by atoms with van der Waals surface area (Å²) in [5.74, 6) is 0. The topological polar surface area (TPSA) is 9.72 Å². The Morgan fingerprint density at radius 2 is 0.865 bits per heavy atom. The van der Waals surface area contributed by atoms with Crippen LogP contribution < -0.4 is 31.1 Å². The quantitative estimate of drug-likeness (QED) is 0.111. The van der Waals surface area contributed by atoms with E-state index in [0.717, 1.165) is 62.1 Å². The van der Waals surface area contributed by atoms with Crippen LogP contribution in [0.3, 0.4) is 0 Å². The summed E-state index contributed by atoms with van der Waals surface area (Å²) >= 11 is 1.86. The zero-order valence-electron chi connectivity index (χ0n) is 50.9. The van der Waals surface area contributed by atoms with E-state index in [9.17, 15) is 0 Å². The molecule has 0 amide bonds. The Balaban J connectivity index is 0.973. The first kappa shape index (κ1) is 53.1. The van der Waals surface area contributed by atoms with Gasteiger partial charge in [-0.25, -0.2) is 0 Å². The molecule has 0 N–H and O–H groups in total. The number of thiophene rings is 1. The highest BCUT2D eigenvalue weighted by Gasteiger charge is 2.45. The van der Waals surface area contributed by atoms with E-state index in [1.54, 1.807) is 0 Å². The van der Waals surface area contributed by atoms with Crippen molar-refractivity contribution in [1.82, 2.24) is 0 Å². The monoisotopic (exact) mass is 1160 g/mol. The second-order valence-electron chi connectivity index (χ2n) is 26.5. The van der Waals surface area contributed by atoms with Gasteiger partial charge in [0.2, 0.25) is 0 Å². The van der Waals surface area contributed by atoms with E-state index in [1.807, 2.05) is 11.3 Å². The lowest BCUT2D eigenvalue weighted by atomic mass is 9.33. The second kappa shape index (κ2) is 20.2. The summed E-state index contributed by atoms with van der Waals surface area (Å²) in [6.45, 7) is 14.0. The van der Waals surface area contributed by atoms with Gasteiger partial charge in [-0.15, -0.1) is 11.3 Å².